The van der Waals surface area contributed by atoms with E-state index >= 15 is 0 Å². The van der Waals surface area contributed by atoms with Crippen molar-refractivity contribution < 1.29 is 0 Å². The molecule has 0 aromatic carbocycles. The van der Waals surface area contributed by atoms with E-state index in [-0.39, 0.29) is 16.6 Å². The molecule has 0 aliphatic carbocycles. The fraction of sp³-hybridized carbons (Fsp3) is 0.667. The van der Waals surface area contributed by atoms with Crippen molar-refractivity contribution in [2.24, 2.45) is 11.7 Å². The fourth-order valence-electron chi connectivity index (χ4n) is 1.59. The lowest BCUT2D eigenvalue weighted by molar-refractivity contribution is 0.464. The molecule has 1 atom stereocenters. The van der Waals surface area contributed by atoms with Crippen LogP contribution in [-0.4, -0.2) is 22.4 Å². The Bertz CT molecular complexity index is 440. The number of nitrogens with zero attached hydrogens (tertiary/aromatic N) is 2. The number of anilines is 1. The second-order valence-electron chi connectivity index (χ2n) is 4.74. The molecular formula is C12H21ClN4O. The maximum atomic E-state index is 12.0. The van der Waals surface area contributed by atoms with Gasteiger partial charge < -0.3 is 11.1 Å². The first-order valence-corrected chi connectivity index (χ1v) is 6.59. The minimum Gasteiger partial charge on any atom is -0.378 e. The zero-order valence-electron chi connectivity index (χ0n) is 11.1. The highest BCUT2D eigenvalue weighted by molar-refractivity contribution is 6.32. The summed E-state index contributed by atoms with van der Waals surface area (Å²) in [6, 6.07) is 0.102. The Labute approximate surface area is 112 Å². The van der Waals surface area contributed by atoms with Crippen molar-refractivity contribution in [3.05, 3.63) is 21.6 Å². The monoisotopic (exact) mass is 272 g/mol. The van der Waals surface area contributed by atoms with Crippen LogP contribution in [0.4, 0.5) is 5.69 Å². The van der Waals surface area contributed by atoms with Gasteiger partial charge in [-0.3, -0.25) is 4.79 Å². The minimum atomic E-state index is -0.262. The van der Waals surface area contributed by atoms with Crippen molar-refractivity contribution in [2.75, 3.05) is 11.9 Å². The van der Waals surface area contributed by atoms with Crippen LogP contribution in [0.25, 0.3) is 0 Å². The maximum absolute atomic E-state index is 12.0. The standard InChI is InChI=1S/C12H21ClN4O/c1-4-9(5-14)16-10-6-15-17(7-8(2)3)12(18)11(10)13/h6,8-9,16H,4-5,7,14H2,1-3H3. The lowest BCUT2D eigenvalue weighted by atomic mass is 10.2. The van der Waals surface area contributed by atoms with E-state index < -0.39 is 0 Å². The van der Waals surface area contributed by atoms with E-state index in [2.05, 4.69) is 10.4 Å². The Morgan fingerprint density at radius 1 is 1.56 bits per heavy atom. The molecule has 18 heavy (non-hydrogen) atoms. The van der Waals surface area contributed by atoms with Gasteiger partial charge in [0, 0.05) is 19.1 Å². The Morgan fingerprint density at radius 3 is 2.72 bits per heavy atom. The number of aromatic nitrogens is 2. The molecule has 0 radical (unpaired) electrons. The van der Waals surface area contributed by atoms with Gasteiger partial charge in [-0.15, -0.1) is 0 Å². The minimum absolute atomic E-state index is 0.102. The molecule has 0 fully saturated rings. The number of rotatable bonds is 6. The van der Waals surface area contributed by atoms with Crippen LogP contribution >= 0.6 is 11.6 Å². The van der Waals surface area contributed by atoms with Gasteiger partial charge in [-0.05, 0) is 12.3 Å². The van der Waals surface area contributed by atoms with Crippen LogP contribution in [0, 0.1) is 5.92 Å². The lowest BCUT2D eigenvalue weighted by Crippen LogP contribution is -2.31. The Hall–Kier alpha value is -1.07. The molecule has 0 saturated heterocycles. The highest BCUT2D eigenvalue weighted by atomic mass is 35.5. The Balaban J connectivity index is 2.97. The predicted molar refractivity (Wildman–Crippen MR) is 75.1 cm³/mol. The van der Waals surface area contributed by atoms with E-state index in [1.54, 1.807) is 6.20 Å². The van der Waals surface area contributed by atoms with Gasteiger partial charge in [-0.1, -0.05) is 32.4 Å². The molecule has 1 unspecified atom stereocenters. The molecule has 1 aromatic heterocycles. The summed E-state index contributed by atoms with van der Waals surface area (Å²) in [6.45, 7) is 7.12. The molecule has 102 valence electrons. The number of nitrogens with one attached hydrogen (secondary N) is 1. The zero-order chi connectivity index (χ0) is 13.7. The highest BCUT2D eigenvalue weighted by Gasteiger charge is 2.12. The fourth-order valence-corrected chi connectivity index (χ4v) is 1.79. The second kappa shape index (κ2) is 6.75. The van der Waals surface area contributed by atoms with Gasteiger partial charge in [-0.25, -0.2) is 4.68 Å². The first kappa shape index (κ1) is 15.0. The zero-order valence-corrected chi connectivity index (χ0v) is 11.9. The summed E-state index contributed by atoms with van der Waals surface area (Å²) in [5.41, 5.74) is 5.90. The molecule has 0 aliphatic heterocycles. The Morgan fingerprint density at radius 2 is 2.22 bits per heavy atom. The number of hydrogen-bond donors (Lipinski definition) is 2. The van der Waals surface area contributed by atoms with Gasteiger partial charge in [0.2, 0.25) is 0 Å². The summed E-state index contributed by atoms with van der Waals surface area (Å²) in [4.78, 5) is 12.0. The van der Waals surface area contributed by atoms with Crippen molar-refractivity contribution in [3.63, 3.8) is 0 Å². The summed E-state index contributed by atoms with van der Waals surface area (Å²) in [7, 11) is 0. The van der Waals surface area contributed by atoms with Crippen LogP contribution in [0.2, 0.25) is 5.02 Å². The van der Waals surface area contributed by atoms with Crippen molar-refractivity contribution in [1.29, 1.82) is 0 Å². The largest absolute Gasteiger partial charge is 0.378 e. The molecule has 1 aromatic rings. The summed E-state index contributed by atoms with van der Waals surface area (Å²) in [5, 5.41) is 7.43. The lowest BCUT2D eigenvalue weighted by Gasteiger charge is -2.17. The molecule has 1 heterocycles. The van der Waals surface area contributed by atoms with Crippen molar-refractivity contribution in [1.82, 2.24) is 9.78 Å². The normalized spacial score (nSPS) is 12.8. The smallest absolute Gasteiger partial charge is 0.287 e. The third kappa shape index (κ3) is 3.71. The maximum Gasteiger partial charge on any atom is 0.287 e. The van der Waals surface area contributed by atoms with Crippen LogP contribution in [-0.2, 0) is 6.54 Å². The Kier molecular flexibility index (Phi) is 5.62. The van der Waals surface area contributed by atoms with E-state index in [4.69, 9.17) is 17.3 Å². The predicted octanol–water partition coefficient (Wildman–Crippen LogP) is 1.70. The van der Waals surface area contributed by atoms with Crippen LogP contribution < -0.4 is 16.6 Å². The topological polar surface area (TPSA) is 72.9 Å². The summed E-state index contributed by atoms with van der Waals surface area (Å²) >= 11 is 6.06. The molecule has 1 rings (SSSR count). The summed E-state index contributed by atoms with van der Waals surface area (Å²) in [5.74, 6) is 0.345. The first-order valence-electron chi connectivity index (χ1n) is 6.21. The van der Waals surface area contributed by atoms with E-state index in [0.717, 1.165) is 6.42 Å². The average molecular weight is 273 g/mol. The van der Waals surface area contributed by atoms with Gasteiger partial charge in [-0.2, -0.15) is 5.10 Å². The molecule has 0 amide bonds. The van der Waals surface area contributed by atoms with Crippen molar-refractivity contribution in [2.45, 2.75) is 39.8 Å². The molecular weight excluding hydrogens is 252 g/mol. The van der Waals surface area contributed by atoms with Crippen LogP contribution in [0.3, 0.4) is 0 Å². The molecule has 0 aliphatic rings. The molecule has 0 saturated carbocycles. The summed E-state index contributed by atoms with van der Waals surface area (Å²) in [6.07, 6.45) is 2.45. The van der Waals surface area contributed by atoms with E-state index in [0.29, 0.717) is 24.7 Å². The highest BCUT2D eigenvalue weighted by Crippen LogP contribution is 2.17. The third-order valence-electron chi connectivity index (χ3n) is 2.66. The molecule has 5 nitrogen and oxygen atoms in total. The van der Waals surface area contributed by atoms with Gasteiger partial charge in [0.25, 0.3) is 5.56 Å². The third-order valence-corrected chi connectivity index (χ3v) is 3.03. The number of hydrogen-bond acceptors (Lipinski definition) is 4. The molecule has 0 spiro atoms. The van der Waals surface area contributed by atoms with Crippen LogP contribution in [0.5, 0.6) is 0 Å². The number of halogens is 1. The average Bonchev–Trinajstić information content (AvgIpc) is 2.34. The van der Waals surface area contributed by atoms with E-state index in [1.165, 1.54) is 4.68 Å². The van der Waals surface area contributed by atoms with Gasteiger partial charge in [0.1, 0.15) is 5.02 Å². The van der Waals surface area contributed by atoms with E-state index in [9.17, 15) is 4.79 Å². The van der Waals surface area contributed by atoms with Gasteiger partial charge in [0.05, 0.1) is 11.9 Å². The quantitative estimate of drug-likeness (QED) is 0.827. The molecule has 0 bridgehead atoms. The van der Waals surface area contributed by atoms with Gasteiger partial charge >= 0.3 is 0 Å². The number of nitrogens with two attached hydrogens (primary N) is 1. The second-order valence-corrected chi connectivity index (χ2v) is 5.12. The van der Waals surface area contributed by atoms with E-state index in [1.807, 2.05) is 20.8 Å². The van der Waals surface area contributed by atoms with Crippen LogP contribution in [0.1, 0.15) is 27.2 Å². The van der Waals surface area contributed by atoms with Crippen molar-refractivity contribution in [3.8, 4) is 0 Å². The molecule has 3 N–H and O–H groups in total. The van der Waals surface area contributed by atoms with Gasteiger partial charge in [0.15, 0.2) is 0 Å². The van der Waals surface area contributed by atoms with Crippen molar-refractivity contribution >= 4 is 17.3 Å². The van der Waals surface area contributed by atoms with Crippen LogP contribution in [0.15, 0.2) is 11.0 Å². The first-order chi connectivity index (χ1) is 8.49. The summed E-state index contributed by atoms with van der Waals surface area (Å²) < 4.78 is 1.39. The SMILES string of the molecule is CCC(CN)Nc1cnn(CC(C)C)c(=O)c1Cl. The molecule has 6 heteroatoms.